The Morgan fingerprint density at radius 2 is 1.94 bits per heavy atom. The number of aryl methyl sites for hydroxylation is 1. The van der Waals surface area contributed by atoms with Crippen LogP contribution < -0.4 is 0 Å². The second kappa shape index (κ2) is 10.6. The number of aromatic nitrogens is 4. The minimum absolute atomic E-state index is 0.0769. The van der Waals surface area contributed by atoms with Crippen LogP contribution in [0.3, 0.4) is 0 Å². The van der Waals surface area contributed by atoms with E-state index in [0.717, 1.165) is 52.3 Å². The lowest BCUT2D eigenvalue weighted by atomic mass is 9.89. The number of aromatic amines is 1. The lowest BCUT2D eigenvalue weighted by molar-refractivity contribution is 0.0991. The van der Waals surface area contributed by atoms with Crippen LogP contribution in [0.4, 0.5) is 0 Å². The first-order valence-corrected chi connectivity index (χ1v) is 13.5. The van der Waals surface area contributed by atoms with Gasteiger partial charge in [-0.3, -0.25) is 4.79 Å². The van der Waals surface area contributed by atoms with E-state index in [1.165, 1.54) is 36.6 Å². The number of rotatable bonds is 9. The Morgan fingerprint density at radius 1 is 1.14 bits per heavy atom. The molecular weight excluding hydrogens is 452 g/mol. The van der Waals surface area contributed by atoms with Crippen molar-refractivity contribution in [3.8, 4) is 0 Å². The first kappa shape index (κ1) is 23.6. The van der Waals surface area contributed by atoms with E-state index in [9.17, 15) is 4.79 Å². The first-order chi connectivity index (χ1) is 17.2. The van der Waals surface area contributed by atoms with Crippen molar-refractivity contribution < 1.29 is 4.79 Å². The average Bonchev–Trinajstić information content (AvgIpc) is 3.52. The summed E-state index contributed by atoms with van der Waals surface area (Å²) in [6.45, 7) is 6.75. The molecule has 5 nitrogen and oxygen atoms in total. The standard InChI is InChI=1S/C29H32N4OS/c1-3-18-33-28(22-14-9-6-10-15-22)31-32-29(33)35-27(21-12-7-5-8-13-21)26(34)24-19-30-25-20(4-2)16-11-17-23(24)25/h3,5,7-8,11-13,16-17,19,22,27,30H,1,4,6,9-10,14-15,18H2,2H3. The highest BCUT2D eigenvalue weighted by Gasteiger charge is 2.30. The van der Waals surface area contributed by atoms with Gasteiger partial charge in [0, 0.05) is 35.1 Å². The van der Waals surface area contributed by atoms with Crippen molar-refractivity contribution in [1.82, 2.24) is 19.7 Å². The van der Waals surface area contributed by atoms with Gasteiger partial charge in [0.1, 0.15) is 11.1 Å². The maximum absolute atomic E-state index is 14.1. The molecule has 180 valence electrons. The van der Waals surface area contributed by atoms with Crippen LogP contribution in [0.5, 0.6) is 0 Å². The van der Waals surface area contributed by atoms with Crippen LogP contribution in [0.15, 0.2) is 72.5 Å². The van der Waals surface area contributed by atoms with E-state index in [2.05, 4.69) is 39.3 Å². The molecule has 0 aliphatic heterocycles. The number of nitrogens with zero attached hydrogens (tertiary/aromatic N) is 3. The van der Waals surface area contributed by atoms with Gasteiger partial charge in [0.15, 0.2) is 10.9 Å². The summed E-state index contributed by atoms with van der Waals surface area (Å²) in [5.74, 6) is 1.54. The maximum Gasteiger partial charge on any atom is 0.192 e. The molecule has 1 N–H and O–H groups in total. The van der Waals surface area contributed by atoms with Crippen LogP contribution in [-0.2, 0) is 13.0 Å². The lowest BCUT2D eigenvalue weighted by Crippen LogP contribution is -2.14. The molecular formula is C29H32N4OS. The van der Waals surface area contributed by atoms with Gasteiger partial charge in [-0.05, 0) is 30.4 Å². The number of benzene rings is 2. The molecule has 1 aliphatic rings. The average molecular weight is 485 g/mol. The van der Waals surface area contributed by atoms with Crippen molar-refractivity contribution >= 4 is 28.4 Å². The van der Waals surface area contributed by atoms with E-state index in [1.54, 1.807) is 0 Å². The van der Waals surface area contributed by atoms with Gasteiger partial charge in [-0.25, -0.2) is 0 Å². The molecule has 2 aromatic carbocycles. The monoisotopic (exact) mass is 484 g/mol. The van der Waals surface area contributed by atoms with E-state index in [4.69, 9.17) is 0 Å². The first-order valence-electron chi connectivity index (χ1n) is 12.6. The van der Waals surface area contributed by atoms with Crippen LogP contribution in [0.25, 0.3) is 10.9 Å². The fraction of sp³-hybridized carbons (Fsp3) is 0.345. The van der Waals surface area contributed by atoms with Crippen LogP contribution in [0.2, 0.25) is 0 Å². The van der Waals surface area contributed by atoms with Gasteiger partial charge < -0.3 is 9.55 Å². The summed E-state index contributed by atoms with van der Waals surface area (Å²) in [5, 5.41) is 10.6. The second-order valence-electron chi connectivity index (χ2n) is 9.24. The largest absolute Gasteiger partial charge is 0.360 e. The van der Waals surface area contributed by atoms with Crippen molar-refractivity contribution in [2.45, 2.75) is 68.3 Å². The van der Waals surface area contributed by atoms with Crippen LogP contribution in [0, 0.1) is 0 Å². The molecule has 6 heteroatoms. The minimum Gasteiger partial charge on any atom is -0.360 e. The van der Waals surface area contributed by atoms with Crippen molar-refractivity contribution in [2.24, 2.45) is 0 Å². The van der Waals surface area contributed by atoms with Crippen molar-refractivity contribution in [1.29, 1.82) is 0 Å². The molecule has 2 heterocycles. The normalized spacial score (nSPS) is 15.3. The van der Waals surface area contributed by atoms with Gasteiger partial charge in [-0.2, -0.15) is 0 Å². The number of para-hydroxylation sites is 1. The Morgan fingerprint density at radius 3 is 2.69 bits per heavy atom. The Hall–Kier alpha value is -3.12. The molecule has 1 saturated carbocycles. The third-order valence-electron chi connectivity index (χ3n) is 7.04. The number of Topliss-reactive ketones (excluding diaryl/α,β-unsaturated/α-hetero) is 1. The number of carbonyl (C=O) groups excluding carboxylic acids is 1. The highest BCUT2D eigenvalue weighted by molar-refractivity contribution is 8.00. The van der Waals surface area contributed by atoms with Crippen LogP contribution >= 0.6 is 11.8 Å². The Balaban J connectivity index is 1.54. The summed E-state index contributed by atoms with van der Waals surface area (Å²) in [6, 6.07) is 16.2. The topological polar surface area (TPSA) is 63.6 Å². The number of hydrogen-bond donors (Lipinski definition) is 1. The number of thioether (sulfide) groups is 1. The van der Waals surface area contributed by atoms with Crippen molar-refractivity contribution in [3.63, 3.8) is 0 Å². The number of hydrogen-bond acceptors (Lipinski definition) is 4. The fourth-order valence-corrected chi connectivity index (χ4v) is 6.34. The molecule has 1 atom stereocenters. The Bertz CT molecular complexity index is 1320. The maximum atomic E-state index is 14.1. The number of allylic oxidation sites excluding steroid dienone is 1. The van der Waals surface area contributed by atoms with Gasteiger partial charge in [0.05, 0.1) is 0 Å². The van der Waals surface area contributed by atoms with E-state index >= 15 is 0 Å². The zero-order valence-corrected chi connectivity index (χ0v) is 21.1. The zero-order valence-electron chi connectivity index (χ0n) is 20.2. The lowest BCUT2D eigenvalue weighted by Gasteiger charge is -2.22. The van der Waals surface area contributed by atoms with Crippen LogP contribution in [-0.4, -0.2) is 25.5 Å². The number of H-pyrrole nitrogens is 1. The van der Waals surface area contributed by atoms with Gasteiger partial charge in [-0.15, -0.1) is 16.8 Å². The SMILES string of the molecule is C=CCn1c(SC(C(=O)c2c[nH]c3c(CC)cccc23)c2ccccc2)nnc1C1CCCCC1. The number of carbonyl (C=O) groups is 1. The van der Waals surface area contributed by atoms with Gasteiger partial charge in [-0.1, -0.05) is 92.6 Å². The molecule has 4 aromatic rings. The summed E-state index contributed by atoms with van der Waals surface area (Å²) in [6.07, 6.45) is 10.7. The Kier molecular flexibility index (Phi) is 7.19. The third kappa shape index (κ3) is 4.72. The molecule has 0 saturated heterocycles. The second-order valence-corrected chi connectivity index (χ2v) is 10.3. The van der Waals surface area contributed by atoms with Gasteiger partial charge in [0.2, 0.25) is 0 Å². The third-order valence-corrected chi connectivity index (χ3v) is 8.27. The molecule has 0 amide bonds. The van der Waals surface area contributed by atoms with Crippen molar-refractivity contribution in [3.05, 3.63) is 89.9 Å². The number of ketones is 1. The van der Waals surface area contributed by atoms with Gasteiger partial charge >= 0.3 is 0 Å². The number of fused-ring (bicyclic) bond motifs is 1. The van der Waals surface area contributed by atoms with Crippen LogP contribution in [0.1, 0.15) is 77.5 Å². The number of nitrogens with one attached hydrogen (secondary N) is 1. The summed E-state index contributed by atoms with van der Waals surface area (Å²) >= 11 is 1.50. The fourth-order valence-electron chi connectivity index (χ4n) is 5.21. The summed E-state index contributed by atoms with van der Waals surface area (Å²) < 4.78 is 2.17. The van der Waals surface area contributed by atoms with E-state index in [1.807, 2.05) is 54.7 Å². The quantitative estimate of drug-likeness (QED) is 0.154. The molecule has 2 aromatic heterocycles. The predicted octanol–water partition coefficient (Wildman–Crippen LogP) is 7.27. The zero-order chi connectivity index (χ0) is 24.2. The summed E-state index contributed by atoms with van der Waals surface area (Å²) in [4.78, 5) is 17.4. The molecule has 1 fully saturated rings. The predicted molar refractivity (Wildman–Crippen MR) is 143 cm³/mol. The Labute approximate surface area is 211 Å². The van der Waals surface area contributed by atoms with Crippen molar-refractivity contribution in [2.75, 3.05) is 0 Å². The minimum atomic E-state index is -0.424. The molecule has 0 spiro atoms. The summed E-state index contributed by atoms with van der Waals surface area (Å²) in [7, 11) is 0. The molecule has 1 unspecified atom stereocenters. The molecule has 5 rings (SSSR count). The molecule has 35 heavy (non-hydrogen) atoms. The van der Waals surface area contributed by atoms with E-state index in [0.29, 0.717) is 12.5 Å². The summed E-state index contributed by atoms with van der Waals surface area (Å²) in [5.41, 5.74) is 3.95. The highest BCUT2D eigenvalue weighted by atomic mass is 32.2. The molecule has 1 aliphatic carbocycles. The van der Waals surface area contributed by atoms with Gasteiger partial charge in [0.25, 0.3) is 0 Å². The molecule has 0 bridgehead atoms. The highest BCUT2D eigenvalue weighted by Crippen LogP contribution is 2.40. The molecule has 0 radical (unpaired) electrons. The van der Waals surface area contributed by atoms with E-state index < -0.39 is 5.25 Å². The smallest absolute Gasteiger partial charge is 0.192 e. The van der Waals surface area contributed by atoms with E-state index in [-0.39, 0.29) is 5.78 Å².